The second-order valence-corrected chi connectivity index (χ2v) is 7.34. The van der Waals surface area contributed by atoms with Crippen molar-refractivity contribution in [1.82, 2.24) is 19.2 Å². The zero-order valence-electron chi connectivity index (χ0n) is 14.9. The van der Waals surface area contributed by atoms with Crippen LogP contribution in [0.5, 0.6) is 0 Å². The van der Waals surface area contributed by atoms with Crippen LogP contribution in [0.4, 0.5) is 13.2 Å². The Morgan fingerprint density at radius 3 is 2.08 bits per heavy atom. The maximum absolute atomic E-state index is 13.3. The van der Waals surface area contributed by atoms with E-state index < -0.39 is 29.0 Å². The summed E-state index contributed by atoms with van der Waals surface area (Å²) in [5.74, 6) is 0. The lowest BCUT2D eigenvalue weighted by Gasteiger charge is -2.36. The molecular formula is C13H28ClF3N4O4S. The standard InChI is InChI=1S/C13H27F3N4O4S.ClH/c1-23-9-7-20(8-10-24-2)25(21,22)18-11-12(13(14,15)16)19-5-3-17-4-6-19;/h12,17-18H,3-11H2,1-2H3;1H. The maximum atomic E-state index is 13.3. The summed E-state index contributed by atoms with van der Waals surface area (Å²) in [7, 11) is -1.25. The quantitative estimate of drug-likeness (QED) is 0.469. The van der Waals surface area contributed by atoms with E-state index in [4.69, 9.17) is 9.47 Å². The lowest BCUT2D eigenvalue weighted by Crippen LogP contribution is -2.58. The molecule has 8 nitrogen and oxygen atoms in total. The number of hydrogen-bond acceptors (Lipinski definition) is 6. The minimum Gasteiger partial charge on any atom is -0.383 e. The van der Waals surface area contributed by atoms with Crippen LogP contribution in [0, 0.1) is 0 Å². The van der Waals surface area contributed by atoms with E-state index >= 15 is 0 Å². The van der Waals surface area contributed by atoms with Crippen LogP contribution in [0.2, 0.25) is 0 Å². The molecule has 0 aromatic rings. The summed E-state index contributed by atoms with van der Waals surface area (Å²) in [5.41, 5.74) is 0. The van der Waals surface area contributed by atoms with Crippen molar-refractivity contribution in [2.24, 2.45) is 0 Å². The Bertz CT molecular complexity index is 470. The molecule has 1 aliphatic rings. The molecule has 0 aromatic heterocycles. The molecule has 1 fully saturated rings. The van der Waals surface area contributed by atoms with E-state index in [1.165, 1.54) is 19.1 Å². The van der Waals surface area contributed by atoms with Crippen molar-refractivity contribution in [1.29, 1.82) is 0 Å². The Labute approximate surface area is 159 Å². The van der Waals surface area contributed by atoms with Gasteiger partial charge in [0.15, 0.2) is 0 Å². The van der Waals surface area contributed by atoms with Crippen molar-refractivity contribution in [3.8, 4) is 0 Å². The molecule has 0 aromatic carbocycles. The molecule has 0 saturated carbocycles. The normalized spacial score (nSPS) is 17.9. The topological polar surface area (TPSA) is 83.1 Å². The number of nitrogens with zero attached hydrogens (tertiary/aromatic N) is 2. The van der Waals surface area contributed by atoms with Gasteiger partial charge in [-0.3, -0.25) is 4.90 Å². The van der Waals surface area contributed by atoms with E-state index in [1.54, 1.807) is 0 Å². The van der Waals surface area contributed by atoms with Crippen LogP contribution in [0.15, 0.2) is 0 Å². The molecule has 1 unspecified atom stereocenters. The maximum Gasteiger partial charge on any atom is 0.405 e. The first-order valence-corrected chi connectivity index (χ1v) is 9.40. The van der Waals surface area contributed by atoms with Gasteiger partial charge >= 0.3 is 6.18 Å². The van der Waals surface area contributed by atoms with Gasteiger partial charge in [-0.15, -0.1) is 12.4 Å². The van der Waals surface area contributed by atoms with Gasteiger partial charge < -0.3 is 14.8 Å². The average molecular weight is 429 g/mol. The van der Waals surface area contributed by atoms with E-state index in [0.29, 0.717) is 13.1 Å². The molecule has 1 saturated heterocycles. The SMILES string of the molecule is COCCN(CCOC)S(=O)(=O)NCC(N1CCNCC1)C(F)(F)F.Cl. The first kappa shape index (κ1) is 25.8. The molecule has 1 heterocycles. The zero-order chi connectivity index (χ0) is 18.9. The summed E-state index contributed by atoms with van der Waals surface area (Å²) in [6.45, 7) is 0.879. The number of halogens is 4. The highest BCUT2D eigenvalue weighted by Gasteiger charge is 2.44. The van der Waals surface area contributed by atoms with Gasteiger partial charge in [0.1, 0.15) is 6.04 Å². The molecule has 2 N–H and O–H groups in total. The molecule has 1 aliphatic heterocycles. The van der Waals surface area contributed by atoms with Crippen LogP contribution < -0.4 is 10.0 Å². The molecule has 0 radical (unpaired) electrons. The Kier molecular flexibility index (Phi) is 12.2. The number of hydrogen-bond donors (Lipinski definition) is 2. The first-order valence-electron chi connectivity index (χ1n) is 7.96. The van der Waals surface area contributed by atoms with Crippen LogP contribution in [0.1, 0.15) is 0 Å². The van der Waals surface area contributed by atoms with Gasteiger partial charge in [-0.25, -0.2) is 4.72 Å². The number of ether oxygens (including phenoxy) is 2. The van der Waals surface area contributed by atoms with E-state index in [-0.39, 0.29) is 51.8 Å². The van der Waals surface area contributed by atoms with Crippen molar-refractivity contribution >= 4 is 22.6 Å². The summed E-state index contributed by atoms with van der Waals surface area (Å²) >= 11 is 0. The van der Waals surface area contributed by atoms with Crippen LogP contribution in [0.3, 0.4) is 0 Å². The highest BCUT2D eigenvalue weighted by Crippen LogP contribution is 2.25. The Balaban J connectivity index is 0.00000625. The molecule has 0 bridgehead atoms. The second kappa shape index (κ2) is 12.3. The number of alkyl halides is 3. The molecular weight excluding hydrogens is 401 g/mol. The summed E-state index contributed by atoms with van der Waals surface area (Å²) in [5, 5.41) is 2.97. The van der Waals surface area contributed by atoms with Crippen molar-refractivity contribution < 1.29 is 31.1 Å². The van der Waals surface area contributed by atoms with Crippen LogP contribution in [-0.2, 0) is 19.7 Å². The molecule has 26 heavy (non-hydrogen) atoms. The molecule has 13 heteroatoms. The number of nitrogens with one attached hydrogen (secondary N) is 2. The first-order chi connectivity index (χ1) is 11.7. The van der Waals surface area contributed by atoms with Gasteiger partial charge in [0.25, 0.3) is 10.2 Å². The van der Waals surface area contributed by atoms with Crippen LogP contribution >= 0.6 is 12.4 Å². The minimum atomic E-state index is -4.52. The zero-order valence-corrected chi connectivity index (χ0v) is 16.6. The number of methoxy groups -OCH3 is 2. The van der Waals surface area contributed by atoms with Gasteiger partial charge in [0, 0.05) is 60.0 Å². The number of piperazine rings is 1. The van der Waals surface area contributed by atoms with Gasteiger partial charge in [-0.2, -0.15) is 25.9 Å². The Hall–Kier alpha value is -0.210. The summed E-state index contributed by atoms with van der Waals surface area (Å²) in [6.07, 6.45) is -4.52. The van der Waals surface area contributed by atoms with Crippen molar-refractivity contribution in [3.63, 3.8) is 0 Å². The van der Waals surface area contributed by atoms with Gasteiger partial charge in [0.2, 0.25) is 0 Å². The summed E-state index contributed by atoms with van der Waals surface area (Å²) in [6, 6.07) is -1.86. The molecule has 158 valence electrons. The fourth-order valence-electron chi connectivity index (χ4n) is 2.46. The molecule has 0 aliphatic carbocycles. The Morgan fingerprint density at radius 1 is 1.15 bits per heavy atom. The van der Waals surface area contributed by atoms with E-state index in [2.05, 4.69) is 10.0 Å². The predicted molar refractivity (Wildman–Crippen MR) is 93.8 cm³/mol. The highest BCUT2D eigenvalue weighted by molar-refractivity contribution is 7.87. The van der Waals surface area contributed by atoms with E-state index in [0.717, 1.165) is 4.31 Å². The molecule has 0 spiro atoms. The fraction of sp³-hybridized carbons (Fsp3) is 1.00. The second-order valence-electron chi connectivity index (χ2n) is 5.58. The lowest BCUT2D eigenvalue weighted by atomic mass is 10.2. The molecule has 0 amide bonds. The summed E-state index contributed by atoms with van der Waals surface area (Å²) < 4.78 is 77.5. The van der Waals surface area contributed by atoms with Crippen LogP contribution in [-0.4, -0.2) is 103 Å². The molecule has 1 atom stereocenters. The van der Waals surface area contributed by atoms with E-state index in [1.807, 2.05) is 0 Å². The summed E-state index contributed by atoms with van der Waals surface area (Å²) in [4.78, 5) is 1.24. The Morgan fingerprint density at radius 2 is 1.65 bits per heavy atom. The third kappa shape index (κ3) is 8.65. The van der Waals surface area contributed by atoms with E-state index in [9.17, 15) is 21.6 Å². The third-order valence-corrected chi connectivity index (χ3v) is 5.44. The van der Waals surface area contributed by atoms with Crippen molar-refractivity contribution in [3.05, 3.63) is 0 Å². The van der Waals surface area contributed by atoms with Gasteiger partial charge in [-0.1, -0.05) is 0 Å². The molecule has 1 rings (SSSR count). The van der Waals surface area contributed by atoms with Crippen molar-refractivity contribution in [2.75, 3.05) is 73.2 Å². The van der Waals surface area contributed by atoms with Crippen molar-refractivity contribution in [2.45, 2.75) is 12.2 Å². The fourth-order valence-corrected chi connectivity index (χ4v) is 3.64. The van der Waals surface area contributed by atoms with Gasteiger partial charge in [-0.05, 0) is 0 Å². The highest BCUT2D eigenvalue weighted by atomic mass is 35.5. The largest absolute Gasteiger partial charge is 0.405 e. The minimum absolute atomic E-state index is 0. The van der Waals surface area contributed by atoms with Gasteiger partial charge in [0.05, 0.1) is 13.2 Å². The predicted octanol–water partition coefficient (Wildman–Crippen LogP) is -0.326. The third-order valence-electron chi connectivity index (χ3n) is 3.86. The average Bonchev–Trinajstić information content (AvgIpc) is 2.54. The van der Waals surface area contributed by atoms with Crippen LogP contribution in [0.25, 0.3) is 0 Å². The lowest BCUT2D eigenvalue weighted by molar-refractivity contribution is -0.182. The monoisotopic (exact) mass is 428 g/mol. The smallest absolute Gasteiger partial charge is 0.383 e. The number of rotatable bonds is 11.